The largest absolute Gasteiger partial charge is 0.495 e. The van der Waals surface area contributed by atoms with Crippen LogP contribution < -0.4 is 4.74 Å². The Kier molecular flexibility index (Phi) is 6.36. The van der Waals surface area contributed by atoms with Crippen LogP contribution in [0.2, 0.25) is 0 Å². The molecule has 0 saturated carbocycles. The summed E-state index contributed by atoms with van der Waals surface area (Å²) in [6.45, 7) is 1.65. The molecule has 2 aromatic rings. The molecule has 1 saturated heterocycles. The predicted octanol–water partition coefficient (Wildman–Crippen LogP) is 3.14. The molecule has 0 bridgehead atoms. The van der Waals surface area contributed by atoms with Crippen molar-refractivity contribution in [3.8, 4) is 5.75 Å². The van der Waals surface area contributed by atoms with Gasteiger partial charge in [-0.2, -0.15) is 4.31 Å². The minimum Gasteiger partial charge on any atom is -0.495 e. The van der Waals surface area contributed by atoms with Crippen LogP contribution in [0.4, 0.5) is 0 Å². The van der Waals surface area contributed by atoms with E-state index in [0.717, 1.165) is 24.8 Å². The molecule has 1 heterocycles. The Hall–Kier alpha value is -2.38. The number of rotatable bonds is 6. The zero-order valence-electron chi connectivity index (χ0n) is 16.3. The Bertz CT molecular complexity index is 923. The zero-order chi connectivity index (χ0) is 20.1. The van der Waals surface area contributed by atoms with E-state index in [0.29, 0.717) is 18.7 Å². The van der Waals surface area contributed by atoms with Crippen LogP contribution in [0, 0.1) is 0 Å². The molecular weight excluding hydrogens is 376 g/mol. The number of hydrogen-bond donors (Lipinski definition) is 0. The maximum absolute atomic E-state index is 13.2. The van der Waals surface area contributed by atoms with Crippen LogP contribution in [0.15, 0.2) is 53.4 Å². The third kappa shape index (κ3) is 4.36. The lowest BCUT2D eigenvalue weighted by molar-refractivity contribution is 0.0724. The highest BCUT2D eigenvalue weighted by atomic mass is 32.2. The monoisotopic (exact) mass is 402 g/mol. The lowest BCUT2D eigenvalue weighted by atomic mass is 10.1. The number of sulfonamides is 1. The molecule has 0 spiro atoms. The first-order valence-corrected chi connectivity index (χ1v) is 10.8. The molecule has 0 aromatic heterocycles. The summed E-state index contributed by atoms with van der Waals surface area (Å²) in [5, 5.41) is 0. The van der Waals surface area contributed by atoms with Crippen molar-refractivity contribution in [2.75, 3.05) is 27.2 Å². The van der Waals surface area contributed by atoms with Crippen molar-refractivity contribution in [3.63, 3.8) is 0 Å². The molecule has 0 radical (unpaired) electrons. The van der Waals surface area contributed by atoms with Gasteiger partial charge in [0.1, 0.15) is 10.6 Å². The molecule has 6 nitrogen and oxygen atoms in total. The van der Waals surface area contributed by atoms with Gasteiger partial charge in [0.2, 0.25) is 10.0 Å². The van der Waals surface area contributed by atoms with Crippen LogP contribution in [0.5, 0.6) is 5.75 Å². The number of hydrogen-bond acceptors (Lipinski definition) is 4. The molecule has 1 amide bonds. The van der Waals surface area contributed by atoms with E-state index in [9.17, 15) is 13.2 Å². The minimum absolute atomic E-state index is 0.0105. The SMILES string of the molecule is COc1ccc(C(=O)N2CCCCC2)cc1S(=O)(=O)N(C)Cc1ccccc1. The standard InChI is InChI=1S/C21H26N2O4S/c1-22(16-17-9-5-3-6-10-17)28(25,26)20-15-18(11-12-19(20)27-2)21(24)23-13-7-4-8-14-23/h3,5-6,9-12,15H,4,7-8,13-14,16H2,1-2H3. The van der Waals surface area contributed by atoms with E-state index in [1.165, 1.54) is 24.5 Å². The number of nitrogens with zero attached hydrogens (tertiary/aromatic N) is 2. The summed E-state index contributed by atoms with van der Waals surface area (Å²) >= 11 is 0. The molecule has 0 aliphatic carbocycles. The third-order valence-electron chi connectivity index (χ3n) is 4.99. The van der Waals surface area contributed by atoms with Gasteiger partial charge in [-0.1, -0.05) is 30.3 Å². The Balaban J connectivity index is 1.91. The number of piperidine rings is 1. The summed E-state index contributed by atoms with van der Waals surface area (Å²) in [5.74, 6) is 0.0969. The zero-order valence-corrected chi connectivity index (χ0v) is 17.1. The number of ether oxygens (including phenoxy) is 1. The molecular formula is C21H26N2O4S. The van der Waals surface area contributed by atoms with E-state index >= 15 is 0 Å². The van der Waals surface area contributed by atoms with Crippen molar-refractivity contribution in [1.29, 1.82) is 0 Å². The van der Waals surface area contributed by atoms with E-state index < -0.39 is 10.0 Å². The van der Waals surface area contributed by atoms with Gasteiger partial charge in [-0.15, -0.1) is 0 Å². The normalized spacial score (nSPS) is 14.9. The number of benzene rings is 2. The van der Waals surface area contributed by atoms with Crippen molar-refractivity contribution in [2.24, 2.45) is 0 Å². The third-order valence-corrected chi connectivity index (χ3v) is 6.81. The van der Waals surface area contributed by atoms with Crippen molar-refractivity contribution in [3.05, 3.63) is 59.7 Å². The van der Waals surface area contributed by atoms with E-state index in [4.69, 9.17) is 4.74 Å². The molecule has 1 aliphatic heterocycles. The molecule has 0 atom stereocenters. The van der Waals surface area contributed by atoms with E-state index in [-0.39, 0.29) is 23.1 Å². The maximum Gasteiger partial charge on any atom is 0.253 e. The topological polar surface area (TPSA) is 66.9 Å². The number of methoxy groups -OCH3 is 1. The average Bonchev–Trinajstić information content (AvgIpc) is 2.74. The summed E-state index contributed by atoms with van der Waals surface area (Å²) in [4.78, 5) is 14.6. The lowest BCUT2D eigenvalue weighted by Gasteiger charge is -2.27. The summed E-state index contributed by atoms with van der Waals surface area (Å²) in [5.41, 5.74) is 1.25. The highest BCUT2D eigenvalue weighted by Crippen LogP contribution is 2.29. The maximum atomic E-state index is 13.2. The minimum atomic E-state index is -3.83. The molecule has 1 fully saturated rings. The summed E-state index contributed by atoms with van der Waals surface area (Å²) in [6.07, 6.45) is 3.08. The van der Waals surface area contributed by atoms with Gasteiger partial charge in [-0.05, 0) is 43.0 Å². The second-order valence-corrected chi connectivity index (χ2v) is 8.98. The van der Waals surface area contributed by atoms with Gasteiger partial charge >= 0.3 is 0 Å². The fraction of sp³-hybridized carbons (Fsp3) is 0.381. The molecule has 28 heavy (non-hydrogen) atoms. The Morgan fingerprint density at radius 3 is 2.39 bits per heavy atom. The number of likely N-dealkylation sites (tertiary alicyclic amines) is 1. The average molecular weight is 403 g/mol. The first-order valence-electron chi connectivity index (χ1n) is 9.41. The number of amides is 1. The molecule has 7 heteroatoms. The molecule has 150 valence electrons. The Labute approximate surface area is 166 Å². The van der Waals surface area contributed by atoms with Crippen molar-refractivity contribution in [2.45, 2.75) is 30.7 Å². The highest BCUT2D eigenvalue weighted by molar-refractivity contribution is 7.89. The quantitative estimate of drug-likeness (QED) is 0.745. The second kappa shape index (κ2) is 8.75. The van der Waals surface area contributed by atoms with Crippen LogP contribution >= 0.6 is 0 Å². The molecule has 3 rings (SSSR count). The van der Waals surface area contributed by atoms with Crippen molar-refractivity contribution >= 4 is 15.9 Å². The van der Waals surface area contributed by atoms with E-state index in [2.05, 4.69) is 0 Å². The van der Waals surface area contributed by atoms with Crippen LogP contribution in [0.3, 0.4) is 0 Å². The first-order chi connectivity index (χ1) is 13.4. The fourth-order valence-corrected chi connectivity index (χ4v) is 4.72. The highest BCUT2D eigenvalue weighted by Gasteiger charge is 2.27. The van der Waals surface area contributed by atoms with Gasteiger partial charge in [0, 0.05) is 32.2 Å². The molecule has 0 N–H and O–H groups in total. The Morgan fingerprint density at radius 1 is 1.07 bits per heavy atom. The van der Waals surface area contributed by atoms with Crippen molar-refractivity contribution in [1.82, 2.24) is 9.21 Å². The Morgan fingerprint density at radius 2 is 1.75 bits per heavy atom. The predicted molar refractivity (Wildman–Crippen MR) is 108 cm³/mol. The molecule has 1 aliphatic rings. The van der Waals surface area contributed by atoms with Gasteiger partial charge in [0.05, 0.1) is 7.11 Å². The summed E-state index contributed by atoms with van der Waals surface area (Å²) in [6, 6.07) is 14.0. The first kappa shape index (κ1) is 20.4. The van der Waals surface area contributed by atoms with Gasteiger partial charge < -0.3 is 9.64 Å². The van der Waals surface area contributed by atoms with Gasteiger partial charge in [0.25, 0.3) is 5.91 Å². The van der Waals surface area contributed by atoms with Crippen LogP contribution in [-0.4, -0.2) is 50.8 Å². The van der Waals surface area contributed by atoms with E-state index in [1.54, 1.807) is 17.0 Å². The van der Waals surface area contributed by atoms with Crippen molar-refractivity contribution < 1.29 is 17.9 Å². The molecule has 2 aromatic carbocycles. The lowest BCUT2D eigenvalue weighted by Crippen LogP contribution is -2.35. The summed E-state index contributed by atoms with van der Waals surface area (Å²) in [7, 11) is -0.872. The van der Waals surface area contributed by atoms with Gasteiger partial charge in [-0.3, -0.25) is 4.79 Å². The molecule has 0 unspecified atom stereocenters. The fourth-order valence-electron chi connectivity index (χ4n) is 3.38. The number of carbonyl (C=O) groups excluding carboxylic acids is 1. The van der Waals surface area contributed by atoms with Crippen LogP contribution in [-0.2, 0) is 16.6 Å². The van der Waals surface area contributed by atoms with Crippen LogP contribution in [0.25, 0.3) is 0 Å². The van der Waals surface area contributed by atoms with Gasteiger partial charge in [-0.25, -0.2) is 8.42 Å². The van der Waals surface area contributed by atoms with E-state index in [1.807, 2.05) is 30.3 Å². The smallest absolute Gasteiger partial charge is 0.253 e. The summed E-state index contributed by atoms with van der Waals surface area (Å²) < 4.78 is 32.9. The number of carbonyl (C=O) groups is 1. The van der Waals surface area contributed by atoms with Gasteiger partial charge in [0.15, 0.2) is 0 Å². The second-order valence-electron chi connectivity index (χ2n) is 6.97. The van der Waals surface area contributed by atoms with Crippen LogP contribution in [0.1, 0.15) is 35.2 Å².